The zero-order chi connectivity index (χ0) is 26.7. The number of halogens is 2. The van der Waals surface area contributed by atoms with Gasteiger partial charge in [0.15, 0.2) is 11.5 Å². The molecule has 0 aliphatic carbocycles. The van der Waals surface area contributed by atoms with Crippen LogP contribution in [-0.2, 0) is 16.2 Å². The molecule has 1 N–H and O–H groups in total. The predicted molar refractivity (Wildman–Crippen MR) is 154 cm³/mol. The molecule has 4 rings (SSSR count). The maximum Gasteiger partial charge on any atom is 0.335 e. The van der Waals surface area contributed by atoms with Crippen LogP contribution in [-0.4, -0.2) is 24.5 Å². The number of amides is 4. The number of rotatable bonds is 7. The van der Waals surface area contributed by atoms with Gasteiger partial charge in [-0.05, 0) is 108 Å². The molecule has 0 atom stereocenters. The Hall–Kier alpha value is -3.18. The topological polar surface area (TPSA) is 84.9 Å². The third kappa shape index (κ3) is 6.04. The van der Waals surface area contributed by atoms with Gasteiger partial charge in [0, 0.05) is 4.47 Å². The Morgan fingerprint density at radius 2 is 1.70 bits per heavy atom. The maximum atomic E-state index is 13.3. The summed E-state index contributed by atoms with van der Waals surface area (Å²) in [5, 5.41) is 2.27. The van der Waals surface area contributed by atoms with Crippen LogP contribution in [0.2, 0.25) is 0 Å². The number of hydrogen-bond donors (Lipinski definition) is 1. The Kier molecular flexibility index (Phi) is 8.33. The highest BCUT2D eigenvalue weighted by Crippen LogP contribution is 2.36. The summed E-state index contributed by atoms with van der Waals surface area (Å²) in [5.74, 6) is -0.387. The van der Waals surface area contributed by atoms with Crippen LogP contribution in [0.15, 0.2) is 64.6 Å². The van der Waals surface area contributed by atoms with Crippen LogP contribution in [0.3, 0.4) is 0 Å². The van der Waals surface area contributed by atoms with Crippen molar-refractivity contribution >= 4 is 68.1 Å². The molecule has 3 aromatic carbocycles. The lowest BCUT2D eigenvalue weighted by Crippen LogP contribution is -2.54. The molecule has 0 aromatic heterocycles. The highest BCUT2D eigenvalue weighted by Gasteiger charge is 2.37. The largest absolute Gasteiger partial charge is 0.490 e. The number of barbiturate groups is 1. The number of anilines is 1. The molecule has 1 aliphatic rings. The molecule has 37 heavy (non-hydrogen) atoms. The van der Waals surface area contributed by atoms with Crippen molar-refractivity contribution in [3.63, 3.8) is 0 Å². The number of urea groups is 1. The highest BCUT2D eigenvalue weighted by atomic mass is 127. The monoisotopic (exact) mass is 674 g/mol. The Labute approximate surface area is 237 Å². The van der Waals surface area contributed by atoms with Gasteiger partial charge >= 0.3 is 6.03 Å². The standard InChI is InChI=1S/C28H24BrIN2O5/c1-4-36-24-14-19(13-23(30)25(24)37-15-18-6-8-20(29)9-7-18)12-22-26(33)31-28(35)32(27(22)34)21-10-5-16(2)17(3)11-21/h5-14H,4,15H2,1-3H3,(H,31,33,35)/b22-12+. The lowest BCUT2D eigenvalue weighted by molar-refractivity contribution is -0.122. The number of nitrogens with one attached hydrogen (secondary N) is 1. The molecule has 3 aromatic rings. The normalized spacial score (nSPS) is 14.7. The predicted octanol–water partition coefficient (Wildman–Crippen LogP) is 6.31. The molecule has 1 saturated heterocycles. The molecule has 190 valence electrons. The van der Waals surface area contributed by atoms with E-state index in [0.717, 1.165) is 29.6 Å². The number of hydrogen-bond acceptors (Lipinski definition) is 5. The molecular formula is C28H24BrIN2O5. The minimum atomic E-state index is -0.781. The van der Waals surface area contributed by atoms with E-state index < -0.39 is 17.8 Å². The zero-order valence-electron chi connectivity index (χ0n) is 20.4. The van der Waals surface area contributed by atoms with Gasteiger partial charge in [-0.15, -0.1) is 0 Å². The summed E-state index contributed by atoms with van der Waals surface area (Å²) in [6.45, 7) is 6.44. The Morgan fingerprint density at radius 3 is 2.38 bits per heavy atom. The number of benzene rings is 3. The van der Waals surface area contributed by atoms with Crippen molar-refractivity contribution in [2.24, 2.45) is 0 Å². The smallest absolute Gasteiger partial charge is 0.335 e. The van der Waals surface area contributed by atoms with Crippen molar-refractivity contribution in [3.05, 3.63) is 90.5 Å². The van der Waals surface area contributed by atoms with E-state index in [1.54, 1.807) is 24.3 Å². The van der Waals surface area contributed by atoms with Gasteiger partial charge in [-0.2, -0.15) is 0 Å². The Balaban J connectivity index is 1.66. The summed E-state index contributed by atoms with van der Waals surface area (Å²) < 4.78 is 13.6. The third-order valence-electron chi connectivity index (χ3n) is 5.79. The SMILES string of the molecule is CCOc1cc(/C=C2\C(=O)NC(=O)N(c3ccc(C)c(C)c3)C2=O)cc(I)c1OCc1ccc(Br)cc1. The average molecular weight is 675 g/mol. The van der Waals surface area contributed by atoms with E-state index in [4.69, 9.17) is 9.47 Å². The van der Waals surface area contributed by atoms with Crippen LogP contribution in [0.1, 0.15) is 29.2 Å². The Morgan fingerprint density at radius 1 is 0.973 bits per heavy atom. The van der Waals surface area contributed by atoms with Gasteiger partial charge < -0.3 is 9.47 Å². The highest BCUT2D eigenvalue weighted by molar-refractivity contribution is 14.1. The molecule has 4 amide bonds. The summed E-state index contributed by atoms with van der Waals surface area (Å²) in [6.07, 6.45) is 1.46. The Bertz CT molecular complexity index is 1420. The van der Waals surface area contributed by atoms with Crippen LogP contribution in [0, 0.1) is 17.4 Å². The van der Waals surface area contributed by atoms with Gasteiger partial charge in [-0.25, -0.2) is 9.69 Å². The summed E-state index contributed by atoms with van der Waals surface area (Å²) in [6, 6.07) is 15.8. The minimum Gasteiger partial charge on any atom is -0.490 e. The maximum absolute atomic E-state index is 13.3. The van der Waals surface area contributed by atoms with Gasteiger partial charge in [0.2, 0.25) is 0 Å². The fraction of sp³-hybridized carbons (Fsp3) is 0.179. The van der Waals surface area contributed by atoms with Crippen molar-refractivity contribution in [3.8, 4) is 11.5 Å². The first-order chi connectivity index (χ1) is 17.7. The molecule has 1 heterocycles. The second-order valence-corrected chi connectivity index (χ2v) is 10.5. The minimum absolute atomic E-state index is 0.153. The van der Waals surface area contributed by atoms with Gasteiger partial charge in [0.05, 0.1) is 15.9 Å². The van der Waals surface area contributed by atoms with Crippen LogP contribution in [0.4, 0.5) is 10.5 Å². The van der Waals surface area contributed by atoms with Gasteiger partial charge in [0.25, 0.3) is 11.8 Å². The lowest BCUT2D eigenvalue weighted by Gasteiger charge is -2.27. The lowest BCUT2D eigenvalue weighted by atomic mass is 10.0. The van der Waals surface area contributed by atoms with Crippen molar-refractivity contribution in [2.45, 2.75) is 27.4 Å². The first kappa shape index (κ1) is 26.9. The molecule has 0 radical (unpaired) electrons. The molecule has 0 bridgehead atoms. The van der Waals surface area contributed by atoms with Gasteiger partial charge in [-0.3, -0.25) is 14.9 Å². The van der Waals surface area contributed by atoms with Crippen molar-refractivity contribution in [1.29, 1.82) is 0 Å². The molecule has 0 spiro atoms. The zero-order valence-corrected chi connectivity index (χ0v) is 24.2. The number of aryl methyl sites for hydroxylation is 2. The second-order valence-electron chi connectivity index (χ2n) is 8.40. The fourth-order valence-corrected chi connectivity index (χ4v) is 4.78. The van der Waals surface area contributed by atoms with E-state index in [9.17, 15) is 14.4 Å². The van der Waals surface area contributed by atoms with Crippen molar-refractivity contribution < 1.29 is 23.9 Å². The average Bonchev–Trinajstić information content (AvgIpc) is 2.84. The summed E-state index contributed by atoms with van der Waals surface area (Å²) in [7, 11) is 0. The molecule has 1 aliphatic heterocycles. The molecule has 7 nitrogen and oxygen atoms in total. The molecule has 0 unspecified atom stereocenters. The fourth-order valence-electron chi connectivity index (χ4n) is 3.73. The molecular weight excluding hydrogens is 651 g/mol. The first-order valence-electron chi connectivity index (χ1n) is 11.5. The van der Waals surface area contributed by atoms with Crippen LogP contribution in [0.25, 0.3) is 6.08 Å². The molecule has 9 heteroatoms. The summed E-state index contributed by atoms with van der Waals surface area (Å²) in [4.78, 5) is 39.5. The van der Waals surface area contributed by atoms with Crippen molar-refractivity contribution in [2.75, 3.05) is 11.5 Å². The van der Waals surface area contributed by atoms with E-state index in [0.29, 0.717) is 36.0 Å². The van der Waals surface area contributed by atoms with E-state index in [1.165, 1.54) is 6.08 Å². The van der Waals surface area contributed by atoms with Gasteiger partial charge in [-0.1, -0.05) is 34.1 Å². The number of carbonyl (C=O) groups is 3. The van der Waals surface area contributed by atoms with Crippen LogP contribution in [0.5, 0.6) is 11.5 Å². The third-order valence-corrected chi connectivity index (χ3v) is 7.12. The summed E-state index contributed by atoms with van der Waals surface area (Å²) in [5.41, 5.74) is 3.76. The van der Waals surface area contributed by atoms with E-state index >= 15 is 0 Å². The van der Waals surface area contributed by atoms with E-state index in [1.807, 2.05) is 51.1 Å². The van der Waals surface area contributed by atoms with E-state index in [2.05, 4.69) is 43.8 Å². The van der Waals surface area contributed by atoms with Crippen molar-refractivity contribution in [1.82, 2.24) is 5.32 Å². The number of nitrogens with zero attached hydrogens (tertiary/aromatic N) is 1. The van der Waals surface area contributed by atoms with Gasteiger partial charge in [0.1, 0.15) is 12.2 Å². The van der Waals surface area contributed by atoms with E-state index in [-0.39, 0.29) is 5.57 Å². The number of ether oxygens (including phenoxy) is 2. The number of carbonyl (C=O) groups excluding carboxylic acids is 3. The summed E-state index contributed by atoms with van der Waals surface area (Å²) >= 11 is 5.56. The van der Waals surface area contributed by atoms with Crippen LogP contribution < -0.4 is 19.7 Å². The number of imide groups is 2. The first-order valence-corrected chi connectivity index (χ1v) is 13.4. The quantitative estimate of drug-likeness (QED) is 0.180. The van der Waals surface area contributed by atoms with Crippen LogP contribution >= 0.6 is 38.5 Å². The second kappa shape index (κ2) is 11.5. The molecule has 1 fully saturated rings. The molecule has 0 saturated carbocycles.